The molecule has 4 nitrogen and oxygen atoms in total. The Bertz CT molecular complexity index is 307. The molecule has 1 atom stereocenters. The van der Waals surface area contributed by atoms with E-state index in [0.29, 0.717) is 17.8 Å². The van der Waals surface area contributed by atoms with Crippen LogP contribution in [0, 0.1) is 12.8 Å². The summed E-state index contributed by atoms with van der Waals surface area (Å²) >= 11 is 0. The number of hydrogen-bond donors (Lipinski definition) is 2. The molecule has 16 heavy (non-hydrogen) atoms. The maximum atomic E-state index is 5.84. The zero-order valence-electron chi connectivity index (χ0n) is 10.9. The molecular formula is C12H23N3O. The Morgan fingerprint density at radius 2 is 2.06 bits per heavy atom. The minimum Gasteiger partial charge on any atom is -0.472 e. The van der Waals surface area contributed by atoms with E-state index in [-0.39, 0.29) is 6.10 Å². The zero-order chi connectivity index (χ0) is 12.1. The maximum Gasteiger partial charge on any atom is 0.233 e. The predicted octanol–water partition coefficient (Wildman–Crippen LogP) is 2.12. The Balaban J connectivity index is 2.51. The monoisotopic (exact) mass is 225 g/mol. The minimum absolute atomic E-state index is 0.157. The van der Waals surface area contributed by atoms with E-state index in [9.17, 15) is 0 Å². The standard InChI is InChI=1S/C12H23N3O/c1-8(2)11(7-13-9(3)4)16-12-6-10(5)14-15-12/h6,8-9,11,13H,7H2,1-5H3,(H,14,15). The molecule has 1 aromatic heterocycles. The molecule has 0 aromatic carbocycles. The molecule has 1 unspecified atom stereocenters. The third-order valence-corrected chi connectivity index (χ3v) is 2.43. The molecule has 0 saturated carbocycles. The fourth-order valence-electron chi connectivity index (χ4n) is 1.37. The van der Waals surface area contributed by atoms with Gasteiger partial charge in [-0.15, -0.1) is 5.10 Å². The van der Waals surface area contributed by atoms with Crippen LogP contribution < -0.4 is 10.1 Å². The van der Waals surface area contributed by atoms with Crippen molar-refractivity contribution in [2.75, 3.05) is 6.54 Å². The summed E-state index contributed by atoms with van der Waals surface area (Å²) < 4.78 is 5.84. The summed E-state index contributed by atoms with van der Waals surface area (Å²) in [6.45, 7) is 11.4. The summed E-state index contributed by atoms with van der Waals surface area (Å²) in [5.74, 6) is 1.14. The molecule has 0 radical (unpaired) electrons. The average Bonchev–Trinajstić information content (AvgIpc) is 2.57. The summed E-state index contributed by atoms with van der Waals surface area (Å²) in [5, 5.41) is 10.4. The minimum atomic E-state index is 0.157. The van der Waals surface area contributed by atoms with Crippen LogP contribution in [0.1, 0.15) is 33.4 Å². The second kappa shape index (κ2) is 5.89. The van der Waals surface area contributed by atoms with Crippen LogP contribution in [-0.2, 0) is 0 Å². The molecule has 2 N–H and O–H groups in total. The lowest BCUT2D eigenvalue weighted by atomic mass is 10.1. The summed E-state index contributed by atoms with van der Waals surface area (Å²) in [6.07, 6.45) is 0.157. The number of aromatic amines is 1. The highest BCUT2D eigenvalue weighted by molar-refractivity contribution is 5.12. The number of H-pyrrole nitrogens is 1. The second-order valence-corrected chi connectivity index (χ2v) is 4.85. The van der Waals surface area contributed by atoms with E-state index in [1.54, 1.807) is 0 Å². The third kappa shape index (κ3) is 4.23. The Kier molecular flexibility index (Phi) is 4.80. The van der Waals surface area contributed by atoms with Crippen molar-refractivity contribution >= 4 is 0 Å². The SMILES string of the molecule is Cc1cc(OC(CNC(C)C)C(C)C)n[nH]1. The van der Waals surface area contributed by atoms with E-state index >= 15 is 0 Å². The van der Waals surface area contributed by atoms with Crippen molar-refractivity contribution in [2.45, 2.75) is 46.8 Å². The van der Waals surface area contributed by atoms with E-state index in [0.717, 1.165) is 12.2 Å². The van der Waals surface area contributed by atoms with Crippen molar-refractivity contribution in [3.8, 4) is 5.88 Å². The Hall–Kier alpha value is -1.03. The molecule has 0 spiro atoms. The van der Waals surface area contributed by atoms with Gasteiger partial charge in [0, 0.05) is 24.3 Å². The van der Waals surface area contributed by atoms with E-state index < -0.39 is 0 Å². The van der Waals surface area contributed by atoms with Crippen LogP contribution in [0.5, 0.6) is 5.88 Å². The van der Waals surface area contributed by atoms with Gasteiger partial charge in [-0.3, -0.25) is 5.10 Å². The average molecular weight is 225 g/mol. The lowest BCUT2D eigenvalue weighted by Gasteiger charge is -2.22. The molecule has 1 aromatic rings. The molecule has 0 amide bonds. The molecule has 1 heterocycles. The zero-order valence-corrected chi connectivity index (χ0v) is 10.9. The van der Waals surface area contributed by atoms with Crippen molar-refractivity contribution in [3.05, 3.63) is 11.8 Å². The van der Waals surface area contributed by atoms with E-state index in [1.165, 1.54) is 0 Å². The molecule has 0 aliphatic carbocycles. The second-order valence-electron chi connectivity index (χ2n) is 4.85. The fraction of sp³-hybridized carbons (Fsp3) is 0.750. The van der Waals surface area contributed by atoms with Crippen molar-refractivity contribution in [1.82, 2.24) is 15.5 Å². The summed E-state index contributed by atoms with van der Waals surface area (Å²) in [5.41, 5.74) is 1.02. The molecule has 0 aliphatic heterocycles. The van der Waals surface area contributed by atoms with Crippen LogP contribution in [0.2, 0.25) is 0 Å². The van der Waals surface area contributed by atoms with Crippen LogP contribution >= 0.6 is 0 Å². The number of ether oxygens (including phenoxy) is 1. The van der Waals surface area contributed by atoms with Crippen LogP contribution in [0.4, 0.5) is 0 Å². The molecule has 0 bridgehead atoms. The lowest BCUT2D eigenvalue weighted by molar-refractivity contribution is 0.140. The van der Waals surface area contributed by atoms with Crippen molar-refractivity contribution < 1.29 is 4.74 Å². The first kappa shape index (κ1) is 13.0. The third-order valence-electron chi connectivity index (χ3n) is 2.43. The number of nitrogens with one attached hydrogen (secondary N) is 2. The van der Waals surface area contributed by atoms with Crippen LogP contribution in [-0.4, -0.2) is 28.9 Å². The molecule has 0 fully saturated rings. The Morgan fingerprint density at radius 3 is 2.50 bits per heavy atom. The van der Waals surface area contributed by atoms with Crippen LogP contribution in [0.3, 0.4) is 0 Å². The van der Waals surface area contributed by atoms with Gasteiger partial charge in [0.05, 0.1) is 0 Å². The summed E-state index contributed by atoms with van der Waals surface area (Å²) in [7, 11) is 0. The van der Waals surface area contributed by atoms with Gasteiger partial charge in [-0.25, -0.2) is 0 Å². The molecule has 1 rings (SSSR count). The number of hydrogen-bond acceptors (Lipinski definition) is 3. The van der Waals surface area contributed by atoms with E-state index in [4.69, 9.17) is 4.74 Å². The molecular weight excluding hydrogens is 202 g/mol. The summed E-state index contributed by atoms with van der Waals surface area (Å²) in [6, 6.07) is 2.40. The first-order valence-electron chi connectivity index (χ1n) is 5.91. The highest BCUT2D eigenvalue weighted by Crippen LogP contribution is 2.13. The molecule has 0 aliphatic rings. The lowest BCUT2D eigenvalue weighted by Crippen LogP contribution is -2.38. The van der Waals surface area contributed by atoms with Gasteiger partial charge < -0.3 is 10.1 Å². The number of aryl methyl sites for hydroxylation is 1. The van der Waals surface area contributed by atoms with Gasteiger partial charge in [-0.1, -0.05) is 27.7 Å². The highest BCUT2D eigenvalue weighted by atomic mass is 16.5. The molecule has 0 saturated heterocycles. The number of nitrogens with zero attached hydrogens (tertiary/aromatic N) is 1. The van der Waals surface area contributed by atoms with E-state index in [2.05, 4.69) is 43.2 Å². The summed E-state index contributed by atoms with van der Waals surface area (Å²) in [4.78, 5) is 0. The van der Waals surface area contributed by atoms with Crippen molar-refractivity contribution in [3.63, 3.8) is 0 Å². The largest absolute Gasteiger partial charge is 0.472 e. The smallest absolute Gasteiger partial charge is 0.233 e. The Morgan fingerprint density at radius 1 is 1.38 bits per heavy atom. The van der Waals surface area contributed by atoms with Gasteiger partial charge in [0.2, 0.25) is 5.88 Å². The first-order chi connectivity index (χ1) is 7.49. The number of rotatable bonds is 6. The van der Waals surface area contributed by atoms with Crippen molar-refractivity contribution in [2.24, 2.45) is 5.92 Å². The van der Waals surface area contributed by atoms with E-state index in [1.807, 2.05) is 13.0 Å². The maximum absolute atomic E-state index is 5.84. The van der Waals surface area contributed by atoms with Gasteiger partial charge in [0.25, 0.3) is 0 Å². The van der Waals surface area contributed by atoms with Gasteiger partial charge in [-0.2, -0.15) is 0 Å². The normalized spacial score (nSPS) is 13.4. The predicted molar refractivity (Wildman–Crippen MR) is 65.7 cm³/mol. The van der Waals surface area contributed by atoms with Crippen LogP contribution in [0.15, 0.2) is 6.07 Å². The number of aromatic nitrogens is 2. The topological polar surface area (TPSA) is 49.9 Å². The van der Waals surface area contributed by atoms with Crippen LogP contribution in [0.25, 0.3) is 0 Å². The van der Waals surface area contributed by atoms with Gasteiger partial charge in [0.1, 0.15) is 6.10 Å². The van der Waals surface area contributed by atoms with Crippen molar-refractivity contribution in [1.29, 1.82) is 0 Å². The quantitative estimate of drug-likeness (QED) is 0.779. The molecule has 92 valence electrons. The Labute approximate surface area is 97.8 Å². The first-order valence-corrected chi connectivity index (χ1v) is 5.91. The molecule has 4 heteroatoms. The van der Waals surface area contributed by atoms with Gasteiger partial charge in [0.15, 0.2) is 0 Å². The van der Waals surface area contributed by atoms with Gasteiger partial charge >= 0.3 is 0 Å². The fourth-order valence-corrected chi connectivity index (χ4v) is 1.37. The van der Waals surface area contributed by atoms with Gasteiger partial charge in [-0.05, 0) is 12.8 Å². The highest BCUT2D eigenvalue weighted by Gasteiger charge is 2.16.